The average Bonchev–Trinajstić information content (AvgIpc) is 2.97. The summed E-state index contributed by atoms with van der Waals surface area (Å²) in [6, 6.07) is 14.8. The lowest BCUT2D eigenvalue weighted by molar-refractivity contribution is 0.183. The molecule has 21 heavy (non-hydrogen) atoms. The standard InChI is InChI=1S/C17H16O4/c1-19-13-8-5-9-14(20-2)16(13)17(18)15-10-11-6-3-4-7-12(11)21-15/h3-10,17-18H,1-2H3. The zero-order valence-corrected chi connectivity index (χ0v) is 11.9. The van der Waals surface area contributed by atoms with Crippen molar-refractivity contribution in [2.24, 2.45) is 0 Å². The second-order valence-corrected chi connectivity index (χ2v) is 4.67. The molecule has 1 aromatic heterocycles. The van der Waals surface area contributed by atoms with Gasteiger partial charge in [0, 0.05) is 5.39 Å². The summed E-state index contributed by atoms with van der Waals surface area (Å²) < 4.78 is 16.4. The van der Waals surface area contributed by atoms with Crippen LogP contribution in [0.4, 0.5) is 0 Å². The van der Waals surface area contributed by atoms with Gasteiger partial charge in [-0.05, 0) is 24.3 Å². The highest BCUT2D eigenvalue weighted by Gasteiger charge is 2.23. The number of hydrogen-bond donors (Lipinski definition) is 1. The van der Waals surface area contributed by atoms with Gasteiger partial charge in [-0.15, -0.1) is 0 Å². The molecule has 3 aromatic rings. The molecule has 1 atom stereocenters. The summed E-state index contributed by atoms with van der Waals surface area (Å²) >= 11 is 0. The Bertz CT molecular complexity index is 705. The molecule has 0 aliphatic carbocycles. The fourth-order valence-corrected chi connectivity index (χ4v) is 2.43. The van der Waals surface area contributed by atoms with Gasteiger partial charge in [0.05, 0.1) is 19.8 Å². The molecule has 0 saturated carbocycles. The van der Waals surface area contributed by atoms with Crippen molar-refractivity contribution in [2.75, 3.05) is 14.2 Å². The van der Waals surface area contributed by atoms with Crippen molar-refractivity contribution in [3.63, 3.8) is 0 Å². The van der Waals surface area contributed by atoms with Crippen LogP contribution in [0.1, 0.15) is 17.4 Å². The molecule has 4 heteroatoms. The maximum atomic E-state index is 10.7. The van der Waals surface area contributed by atoms with Crippen molar-refractivity contribution in [1.82, 2.24) is 0 Å². The van der Waals surface area contributed by atoms with Crippen molar-refractivity contribution in [3.05, 3.63) is 59.9 Å². The van der Waals surface area contributed by atoms with Gasteiger partial charge in [-0.2, -0.15) is 0 Å². The smallest absolute Gasteiger partial charge is 0.144 e. The largest absolute Gasteiger partial charge is 0.496 e. The maximum absolute atomic E-state index is 10.7. The SMILES string of the molecule is COc1cccc(OC)c1C(O)c1cc2ccccc2o1. The van der Waals surface area contributed by atoms with Gasteiger partial charge >= 0.3 is 0 Å². The van der Waals surface area contributed by atoms with E-state index < -0.39 is 6.10 Å². The molecule has 1 heterocycles. The summed E-state index contributed by atoms with van der Waals surface area (Å²) in [5, 5.41) is 11.6. The van der Waals surface area contributed by atoms with E-state index in [1.807, 2.05) is 36.4 Å². The maximum Gasteiger partial charge on any atom is 0.144 e. The van der Waals surface area contributed by atoms with Crippen molar-refractivity contribution in [1.29, 1.82) is 0 Å². The van der Waals surface area contributed by atoms with Crippen LogP contribution in [0.15, 0.2) is 52.9 Å². The monoisotopic (exact) mass is 284 g/mol. The summed E-state index contributed by atoms with van der Waals surface area (Å²) in [6.45, 7) is 0. The molecule has 1 unspecified atom stereocenters. The van der Waals surface area contributed by atoms with Crippen molar-refractivity contribution in [2.45, 2.75) is 6.10 Å². The predicted octanol–water partition coefficient (Wildman–Crippen LogP) is 3.53. The summed E-state index contributed by atoms with van der Waals surface area (Å²) in [5.41, 5.74) is 1.29. The Morgan fingerprint density at radius 1 is 0.952 bits per heavy atom. The number of para-hydroxylation sites is 1. The summed E-state index contributed by atoms with van der Waals surface area (Å²) in [5.74, 6) is 1.57. The molecule has 108 valence electrons. The van der Waals surface area contributed by atoms with E-state index in [0.717, 1.165) is 11.0 Å². The minimum atomic E-state index is -0.955. The van der Waals surface area contributed by atoms with Gasteiger partial charge in [0.1, 0.15) is 28.9 Å². The number of aliphatic hydroxyl groups excluding tert-OH is 1. The van der Waals surface area contributed by atoms with Crippen LogP contribution in [0.3, 0.4) is 0 Å². The number of furan rings is 1. The highest BCUT2D eigenvalue weighted by molar-refractivity contribution is 5.78. The highest BCUT2D eigenvalue weighted by Crippen LogP contribution is 2.38. The highest BCUT2D eigenvalue weighted by atomic mass is 16.5. The molecule has 0 fully saturated rings. The Hall–Kier alpha value is -2.46. The zero-order valence-electron chi connectivity index (χ0n) is 11.9. The van der Waals surface area contributed by atoms with E-state index in [-0.39, 0.29) is 0 Å². The summed E-state index contributed by atoms with van der Waals surface area (Å²) in [4.78, 5) is 0. The molecule has 3 rings (SSSR count). The number of hydrogen-bond acceptors (Lipinski definition) is 4. The number of rotatable bonds is 4. The molecule has 0 spiro atoms. The Morgan fingerprint density at radius 2 is 1.62 bits per heavy atom. The first-order valence-corrected chi connectivity index (χ1v) is 6.62. The molecule has 0 radical (unpaired) electrons. The quantitative estimate of drug-likeness (QED) is 0.796. The van der Waals surface area contributed by atoms with E-state index in [9.17, 15) is 5.11 Å². The van der Waals surface area contributed by atoms with Gasteiger partial charge in [0.15, 0.2) is 0 Å². The van der Waals surface area contributed by atoms with Crippen LogP contribution in [0.5, 0.6) is 11.5 Å². The molecule has 2 aromatic carbocycles. The third-order valence-electron chi connectivity index (χ3n) is 3.45. The predicted molar refractivity (Wildman–Crippen MR) is 79.8 cm³/mol. The average molecular weight is 284 g/mol. The first-order valence-electron chi connectivity index (χ1n) is 6.62. The van der Waals surface area contributed by atoms with Gasteiger partial charge in [0.2, 0.25) is 0 Å². The van der Waals surface area contributed by atoms with E-state index in [1.165, 1.54) is 0 Å². The van der Waals surface area contributed by atoms with E-state index in [1.54, 1.807) is 26.4 Å². The van der Waals surface area contributed by atoms with Crippen LogP contribution in [0, 0.1) is 0 Å². The fraction of sp³-hybridized carbons (Fsp3) is 0.176. The van der Waals surface area contributed by atoms with Gasteiger partial charge in [-0.3, -0.25) is 0 Å². The summed E-state index contributed by atoms with van der Waals surface area (Å²) in [7, 11) is 3.12. The lowest BCUT2D eigenvalue weighted by Gasteiger charge is -2.16. The number of methoxy groups -OCH3 is 2. The lowest BCUT2D eigenvalue weighted by atomic mass is 10.0. The Labute approximate surface area is 122 Å². The van der Waals surface area contributed by atoms with Gasteiger partial charge < -0.3 is 19.0 Å². The normalized spacial score (nSPS) is 12.3. The summed E-state index contributed by atoms with van der Waals surface area (Å²) in [6.07, 6.45) is -0.955. The van der Waals surface area contributed by atoms with Crippen LogP contribution in [-0.4, -0.2) is 19.3 Å². The van der Waals surface area contributed by atoms with Crippen LogP contribution < -0.4 is 9.47 Å². The zero-order chi connectivity index (χ0) is 14.8. The van der Waals surface area contributed by atoms with Gasteiger partial charge in [0.25, 0.3) is 0 Å². The van der Waals surface area contributed by atoms with E-state index in [4.69, 9.17) is 13.9 Å². The molecule has 0 aliphatic heterocycles. The number of benzene rings is 2. The molecular formula is C17H16O4. The van der Waals surface area contributed by atoms with Crippen LogP contribution in [0.25, 0.3) is 11.0 Å². The molecule has 0 aliphatic rings. The first-order chi connectivity index (χ1) is 10.2. The van der Waals surface area contributed by atoms with Crippen LogP contribution in [0.2, 0.25) is 0 Å². The minimum absolute atomic E-state index is 0.457. The number of ether oxygens (including phenoxy) is 2. The third kappa shape index (κ3) is 2.34. The lowest BCUT2D eigenvalue weighted by Crippen LogP contribution is -2.04. The first kappa shape index (κ1) is 13.5. The minimum Gasteiger partial charge on any atom is -0.496 e. The number of fused-ring (bicyclic) bond motifs is 1. The van der Waals surface area contributed by atoms with E-state index >= 15 is 0 Å². The second-order valence-electron chi connectivity index (χ2n) is 4.67. The Morgan fingerprint density at radius 3 is 2.24 bits per heavy atom. The van der Waals surface area contributed by atoms with Crippen LogP contribution >= 0.6 is 0 Å². The third-order valence-corrected chi connectivity index (χ3v) is 3.45. The van der Waals surface area contributed by atoms with Crippen molar-refractivity contribution >= 4 is 11.0 Å². The van der Waals surface area contributed by atoms with Crippen LogP contribution in [-0.2, 0) is 0 Å². The van der Waals surface area contributed by atoms with Crippen molar-refractivity contribution < 1.29 is 19.0 Å². The molecule has 1 N–H and O–H groups in total. The molecular weight excluding hydrogens is 268 g/mol. The molecule has 0 amide bonds. The van der Waals surface area contributed by atoms with Gasteiger partial charge in [-0.1, -0.05) is 24.3 Å². The number of aliphatic hydroxyl groups is 1. The van der Waals surface area contributed by atoms with E-state index in [0.29, 0.717) is 22.8 Å². The van der Waals surface area contributed by atoms with Crippen molar-refractivity contribution in [3.8, 4) is 11.5 Å². The fourth-order valence-electron chi connectivity index (χ4n) is 2.43. The Balaban J connectivity index is 2.11. The molecule has 4 nitrogen and oxygen atoms in total. The Kier molecular flexibility index (Phi) is 3.54. The second kappa shape index (κ2) is 5.50. The molecule has 0 bridgehead atoms. The molecule has 0 saturated heterocycles. The topological polar surface area (TPSA) is 51.8 Å². The van der Waals surface area contributed by atoms with Gasteiger partial charge in [-0.25, -0.2) is 0 Å². The van der Waals surface area contributed by atoms with E-state index in [2.05, 4.69) is 0 Å².